The maximum absolute atomic E-state index is 2.45. The molecule has 0 heterocycles. The molecule has 62 heavy (non-hydrogen) atoms. The summed E-state index contributed by atoms with van der Waals surface area (Å²) in [5.41, 5.74) is 14.8. The van der Waals surface area contributed by atoms with Crippen LogP contribution >= 0.6 is 0 Å². The van der Waals surface area contributed by atoms with Gasteiger partial charge in [0.1, 0.15) is 0 Å². The van der Waals surface area contributed by atoms with E-state index in [1.807, 2.05) is 0 Å². The van der Waals surface area contributed by atoms with Crippen molar-refractivity contribution in [3.8, 4) is 44.5 Å². The van der Waals surface area contributed by atoms with Crippen LogP contribution in [0.15, 0.2) is 231 Å². The molecule has 11 aromatic carbocycles. The van der Waals surface area contributed by atoms with E-state index in [-0.39, 0.29) is 6.04 Å². The van der Waals surface area contributed by atoms with Crippen LogP contribution in [0.4, 0.5) is 11.4 Å². The van der Waals surface area contributed by atoms with Gasteiger partial charge in [0.25, 0.3) is 0 Å². The van der Waals surface area contributed by atoms with Crippen LogP contribution in [-0.4, -0.2) is 0 Å². The first-order valence-corrected chi connectivity index (χ1v) is 21.6. The van der Waals surface area contributed by atoms with Gasteiger partial charge in [0, 0.05) is 11.4 Å². The molecule has 1 atom stereocenters. The zero-order valence-electron chi connectivity index (χ0n) is 35.0. The van der Waals surface area contributed by atoms with Crippen molar-refractivity contribution in [2.45, 2.75) is 19.9 Å². The molecule has 0 radical (unpaired) electrons. The van der Waals surface area contributed by atoms with E-state index in [1.165, 1.54) is 110 Å². The second-order valence-corrected chi connectivity index (χ2v) is 16.5. The minimum absolute atomic E-state index is 0.140. The molecular weight excluding hydrogens is 747 g/mol. The van der Waals surface area contributed by atoms with Crippen molar-refractivity contribution in [2.24, 2.45) is 0 Å². The molecule has 11 rings (SSSR count). The van der Waals surface area contributed by atoms with Crippen LogP contribution in [0, 0.1) is 6.92 Å². The summed E-state index contributed by atoms with van der Waals surface area (Å²) >= 11 is 0. The smallest absolute Gasteiger partial charge is 0.0563 e. The fourth-order valence-corrected chi connectivity index (χ4v) is 9.62. The highest BCUT2D eigenvalue weighted by Crippen LogP contribution is 2.46. The van der Waals surface area contributed by atoms with Crippen molar-refractivity contribution < 1.29 is 0 Å². The second kappa shape index (κ2) is 15.7. The normalized spacial score (nSPS) is 12.0. The Morgan fingerprint density at radius 1 is 0.323 bits per heavy atom. The number of benzene rings is 11. The highest BCUT2D eigenvalue weighted by atomic mass is 15.2. The summed E-state index contributed by atoms with van der Waals surface area (Å²) in [5, 5.41) is 10.0. The number of anilines is 2. The number of hydrogen-bond acceptors (Lipinski definition) is 1. The molecule has 11 aromatic rings. The van der Waals surface area contributed by atoms with E-state index < -0.39 is 0 Å². The van der Waals surface area contributed by atoms with Crippen molar-refractivity contribution in [2.75, 3.05) is 4.90 Å². The van der Waals surface area contributed by atoms with E-state index in [0.717, 1.165) is 0 Å². The topological polar surface area (TPSA) is 3.24 Å². The third kappa shape index (κ3) is 6.69. The van der Waals surface area contributed by atoms with Gasteiger partial charge in [-0.05, 0) is 149 Å². The largest absolute Gasteiger partial charge is 0.334 e. The first-order chi connectivity index (χ1) is 30.6. The fraction of sp³-hybridized carbons (Fsp3) is 0.0492. The van der Waals surface area contributed by atoms with E-state index in [9.17, 15) is 0 Å². The average molecular weight is 792 g/mol. The summed E-state index contributed by atoms with van der Waals surface area (Å²) in [6, 6.07) is 85.0. The molecule has 1 unspecified atom stereocenters. The summed E-state index contributed by atoms with van der Waals surface area (Å²) in [7, 11) is 0. The molecule has 0 N–H and O–H groups in total. The van der Waals surface area contributed by atoms with Crippen molar-refractivity contribution in [3.05, 3.63) is 242 Å². The summed E-state index contributed by atoms with van der Waals surface area (Å²) in [4.78, 5) is 2.45. The molecule has 1 heteroatoms. The van der Waals surface area contributed by atoms with Crippen LogP contribution in [0.3, 0.4) is 0 Å². The van der Waals surface area contributed by atoms with E-state index in [2.05, 4.69) is 249 Å². The summed E-state index contributed by atoms with van der Waals surface area (Å²) in [6.07, 6.45) is 0. The van der Waals surface area contributed by atoms with Crippen LogP contribution in [0.25, 0.3) is 87.6 Å². The number of rotatable bonds is 8. The van der Waals surface area contributed by atoms with Gasteiger partial charge in [-0.2, -0.15) is 0 Å². The third-order valence-electron chi connectivity index (χ3n) is 12.8. The van der Waals surface area contributed by atoms with Gasteiger partial charge < -0.3 is 4.90 Å². The highest BCUT2D eigenvalue weighted by Gasteiger charge is 2.21. The summed E-state index contributed by atoms with van der Waals surface area (Å²) < 4.78 is 0. The van der Waals surface area contributed by atoms with Gasteiger partial charge in [0.15, 0.2) is 0 Å². The minimum atomic E-state index is 0.140. The summed E-state index contributed by atoms with van der Waals surface area (Å²) in [5.74, 6) is 0. The van der Waals surface area contributed by atoms with Gasteiger partial charge >= 0.3 is 0 Å². The Morgan fingerprint density at radius 2 is 0.758 bits per heavy atom. The first kappa shape index (κ1) is 37.3. The molecule has 0 spiro atoms. The third-order valence-corrected chi connectivity index (χ3v) is 12.8. The average Bonchev–Trinajstić information content (AvgIpc) is 3.34. The number of aryl methyl sites for hydroxylation is 1. The second-order valence-electron chi connectivity index (χ2n) is 16.5. The lowest BCUT2D eigenvalue weighted by Gasteiger charge is -2.33. The monoisotopic (exact) mass is 791 g/mol. The molecule has 0 amide bonds. The quantitative estimate of drug-likeness (QED) is 0.139. The molecule has 1 nitrogen and oxygen atoms in total. The minimum Gasteiger partial charge on any atom is -0.334 e. The lowest BCUT2D eigenvalue weighted by atomic mass is 9.84. The maximum atomic E-state index is 2.45. The van der Waals surface area contributed by atoms with Crippen LogP contribution in [0.2, 0.25) is 0 Å². The number of para-hydroxylation sites is 2. The Kier molecular flexibility index (Phi) is 9.44. The van der Waals surface area contributed by atoms with E-state index in [4.69, 9.17) is 0 Å². The van der Waals surface area contributed by atoms with Crippen LogP contribution in [0.1, 0.15) is 24.1 Å². The summed E-state index contributed by atoms with van der Waals surface area (Å²) in [6.45, 7) is 4.49. The van der Waals surface area contributed by atoms with Crippen LogP contribution < -0.4 is 4.90 Å². The Hall–Kier alpha value is -7.74. The predicted octanol–water partition coefficient (Wildman–Crippen LogP) is 17.2. The molecule has 0 aliphatic carbocycles. The van der Waals surface area contributed by atoms with Crippen molar-refractivity contribution in [1.82, 2.24) is 0 Å². The van der Waals surface area contributed by atoms with E-state index in [0.29, 0.717) is 0 Å². The van der Waals surface area contributed by atoms with E-state index >= 15 is 0 Å². The zero-order valence-corrected chi connectivity index (χ0v) is 35.0. The van der Waals surface area contributed by atoms with Crippen LogP contribution in [0.5, 0.6) is 0 Å². The SMILES string of the molecule is Cc1ccccc1N(c1ccccc1)C(C)c1ccc(-c2ccc(-c3ccc4c(-c5ccc6ccccc6c5)c5ccccc5c(-c5ccc6ccccc6c5)c4c3)cc2)cc1. The Labute approximate surface area is 363 Å². The fourth-order valence-electron chi connectivity index (χ4n) is 9.62. The number of nitrogens with zero attached hydrogens (tertiary/aromatic N) is 1. The molecule has 294 valence electrons. The van der Waals surface area contributed by atoms with Gasteiger partial charge in [-0.3, -0.25) is 0 Å². The van der Waals surface area contributed by atoms with Gasteiger partial charge in [-0.25, -0.2) is 0 Å². The molecule has 0 aliphatic rings. The molecule has 0 aliphatic heterocycles. The maximum Gasteiger partial charge on any atom is 0.0563 e. The molecule has 0 aromatic heterocycles. The van der Waals surface area contributed by atoms with Gasteiger partial charge in [0.05, 0.1) is 6.04 Å². The zero-order chi connectivity index (χ0) is 41.6. The number of fused-ring (bicyclic) bond motifs is 4. The molecule has 0 bridgehead atoms. The first-order valence-electron chi connectivity index (χ1n) is 21.6. The molecular formula is C61H45N. The van der Waals surface area contributed by atoms with Crippen molar-refractivity contribution >= 4 is 54.5 Å². The van der Waals surface area contributed by atoms with Crippen LogP contribution in [-0.2, 0) is 0 Å². The van der Waals surface area contributed by atoms with E-state index in [1.54, 1.807) is 0 Å². The molecule has 0 saturated heterocycles. The highest BCUT2D eigenvalue weighted by molar-refractivity contribution is 6.22. The standard InChI is InChI=1S/C61H45N/c1-41-14-6-13-23-59(41)62(54-19-4-3-5-20-54)42(2)43-24-26-46(27-25-43)47-28-30-48(31-29-47)51-36-37-57-58(40-51)61(53-35-33-45-16-8-10-18-50(45)39-53)56-22-12-11-21-55(56)60(57)52-34-32-44-15-7-9-17-49(44)38-52/h3-40,42H,1-2H3. The Balaban J connectivity index is 0.993. The molecule has 0 saturated carbocycles. The van der Waals surface area contributed by atoms with Gasteiger partial charge in [-0.15, -0.1) is 0 Å². The molecule has 0 fully saturated rings. The van der Waals surface area contributed by atoms with Crippen molar-refractivity contribution in [3.63, 3.8) is 0 Å². The number of hydrogen-bond donors (Lipinski definition) is 0. The Morgan fingerprint density at radius 3 is 1.35 bits per heavy atom. The van der Waals surface area contributed by atoms with Gasteiger partial charge in [-0.1, -0.05) is 194 Å². The van der Waals surface area contributed by atoms with Crippen molar-refractivity contribution in [1.29, 1.82) is 0 Å². The Bertz CT molecular complexity index is 3420. The predicted molar refractivity (Wildman–Crippen MR) is 266 cm³/mol. The lowest BCUT2D eigenvalue weighted by molar-refractivity contribution is 0.771. The van der Waals surface area contributed by atoms with Gasteiger partial charge in [0.2, 0.25) is 0 Å². The lowest BCUT2D eigenvalue weighted by Crippen LogP contribution is -2.22.